The number of benzene rings is 2. The molecule has 4 unspecified atom stereocenters. The molecule has 4 atom stereocenters. The Labute approximate surface area is 186 Å². The predicted octanol–water partition coefficient (Wildman–Crippen LogP) is 5.54. The van der Waals surface area contributed by atoms with Crippen LogP contribution >= 0.6 is 0 Å². The van der Waals surface area contributed by atoms with Gasteiger partial charge < -0.3 is 4.74 Å². The summed E-state index contributed by atoms with van der Waals surface area (Å²) in [6, 6.07) is 17.7. The Morgan fingerprint density at radius 2 is 1.84 bits per heavy atom. The molecule has 0 saturated carbocycles. The molecule has 3 nitrogen and oxygen atoms in total. The van der Waals surface area contributed by atoms with E-state index in [4.69, 9.17) is 4.74 Å². The van der Waals surface area contributed by atoms with Gasteiger partial charge in [-0.25, -0.2) is 0 Å². The van der Waals surface area contributed by atoms with Crippen LogP contribution in [0.3, 0.4) is 0 Å². The van der Waals surface area contributed by atoms with Gasteiger partial charge in [-0.05, 0) is 79.9 Å². The molecule has 162 valence electrons. The Hall–Kier alpha value is -2.39. The highest BCUT2D eigenvalue weighted by molar-refractivity contribution is 5.84. The van der Waals surface area contributed by atoms with E-state index in [-0.39, 0.29) is 12.0 Å². The number of nitrogens with zero attached hydrogens (tertiary/aromatic N) is 1. The summed E-state index contributed by atoms with van der Waals surface area (Å²) in [5.41, 5.74) is 4.02. The molecule has 3 aliphatic rings. The van der Waals surface area contributed by atoms with Crippen molar-refractivity contribution in [2.75, 3.05) is 13.1 Å². The molecular formula is C28H33NO2. The minimum absolute atomic E-state index is 0.0889. The third-order valence-electron chi connectivity index (χ3n) is 7.34. The molecule has 1 fully saturated rings. The van der Waals surface area contributed by atoms with Crippen molar-refractivity contribution in [3.05, 3.63) is 77.4 Å². The van der Waals surface area contributed by atoms with Crippen LogP contribution in [0.2, 0.25) is 0 Å². The molecule has 2 aromatic carbocycles. The maximum atomic E-state index is 12.3. The fraction of sp³-hybridized carbons (Fsp3) is 0.464. The first kappa shape index (κ1) is 20.5. The quantitative estimate of drug-likeness (QED) is 0.580. The summed E-state index contributed by atoms with van der Waals surface area (Å²) >= 11 is 0. The van der Waals surface area contributed by atoms with Crippen LogP contribution in [0, 0.1) is 11.8 Å². The van der Waals surface area contributed by atoms with Gasteiger partial charge in [0, 0.05) is 12.3 Å². The first-order chi connectivity index (χ1) is 15.2. The zero-order valence-corrected chi connectivity index (χ0v) is 18.5. The molecule has 1 heterocycles. The van der Waals surface area contributed by atoms with Gasteiger partial charge in [0.15, 0.2) is 0 Å². The van der Waals surface area contributed by atoms with Crippen molar-refractivity contribution >= 4 is 5.78 Å². The molecule has 0 bridgehead atoms. The predicted molar refractivity (Wildman–Crippen MR) is 124 cm³/mol. The molecule has 0 radical (unpaired) electrons. The fourth-order valence-electron chi connectivity index (χ4n) is 5.65. The number of Topliss-reactive ketones (excluding diaryl/α,β-unsaturated/α-hetero) is 1. The molecule has 2 aliphatic carbocycles. The Morgan fingerprint density at radius 3 is 2.65 bits per heavy atom. The Balaban J connectivity index is 1.33. The third kappa shape index (κ3) is 4.34. The van der Waals surface area contributed by atoms with Crippen LogP contribution in [0.15, 0.2) is 60.7 Å². The third-order valence-corrected chi connectivity index (χ3v) is 7.34. The Kier molecular flexibility index (Phi) is 5.95. The number of ether oxygens (including phenoxy) is 1. The van der Waals surface area contributed by atoms with Crippen molar-refractivity contribution in [2.45, 2.75) is 57.6 Å². The maximum Gasteiger partial charge on any atom is 0.140 e. The largest absolute Gasteiger partial charge is 0.484 e. The Morgan fingerprint density at radius 1 is 1.00 bits per heavy atom. The van der Waals surface area contributed by atoms with Gasteiger partial charge in [-0.15, -0.1) is 0 Å². The van der Waals surface area contributed by atoms with Crippen molar-refractivity contribution in [1.82, 2.24) is 4.90 Å². The fourth-order valence-corrected chi connectivity index (χ4v) is 5.65. The van der Waals surface area contributed by atoms with Gasteiger partial charge in [-0.1, -0.05) is 55.5 Å². The highest BCUT2D eigenvalue weighted by Gasteiger charge is 2.38. The summed E-state index contributed by atoms with van der Waals surface area (Å²) in [4.78, 5) is 14.9. The van der Waals surface area contributed by atoms with Gasteiger partial charge in [-0.3, -0.25) is 9.69 Å². The molecule has 1 saturated heterocycles. The Bertz CT molecular complexity index is 959. The van der Waals surface area contributed by atoms with E-state index in [1.165, 1.54) is 42.6 Å². The summed E-state index contributed by atoms with van der Waals surface area (Å²) in [7, 11) is 0. The van der Waals surface area contributed by atoms with Gasteiger partial charge in [0.1, 0.15) is 17.6 Å². The minimum atomic E-state index is 0.0889. The number of likely N-dealkylation sites (tertiary alicyclic amines) is 1. The van der Waals surface area contributed by atoms with Gasteiger partial charge in [0.2, 0.25) is 0 Å². The molecule has 1 aliphatic heterocycles. The van der Waals surface area contributed by atoms with Crippen LogP contribution in [0.1, 0.15) is 55.4 Å². The summed E-state index contributed by atoms with van der Waals surface area (Å²) in [6.45, 7) is 4.45. The van der Waals surface area contributed by atoms with Crippen molar-refractivity contribution < 1.29 is 9.53 Å². The van der Waals surface area contributed by atoms with E-state index in [2.05, 4.69) is 72.5 Å². The van der Waals surface area contributed by atoms with E-state index in [0.29, 0.717) is 24.2 Å². The average Bonchev–Trinajstić information content (AvgIpc) is 3.43. The molecule has 0 aromatic heterocycles. The molecule has 5 rings (SSSR count). The normalized spacial score (nSPS) is 28.1. The molecule has 3 heteroatoms. The van der Waals surface area contributed by atoms with Crippen LogP contribution in [0.25, 0.3) is 0 Å². The zero-order chi connectivity index (χ0) is 21.2. The molecule has 0 spiro atoms. The van der Waals surface area contributed by atoms with E-state index in [1.54, 1.807) is 0 Å². The molecule has 0 amide bonds. The lowest BCUT2D eigenvalue weighted by Gasteiger charge is -2.30. The first-order valence-electron chi connectivity index (χ1n) is 12.0. The van der Waals surface area contributed by atoms with Gasteiger partial charge in [0.25, 0.3) is 0 Å². The number of ketones is 1. The first-order valence-corrected chi connectivity index (χ1v) is 12.0. The summed E-state index contributed by atoms with van der Waals surface area (Å²) in [5.74, 6) is 1.75. The monoisotopic (exact) mass is 415 g/mol. The number of allylic oxidation sites excluding steroid dienone is 2. The zero-order valence-electron chi connectivity index (χ0n) is 18.5. The highest BCUT2D eigenvalue weighted by atomic mass is 16.5. The van der Waals surface area contributed by atoms with Crippen molar-refractivity contribution in [3.8, 4) is 5.75 Å². The second-order valence-electron chi connectivity index (χ2n) is 9.43. The number of rotatable bonds is 6. The van der Waals surface area contributed by atoms with Gasteiger partial charge >= 0.3 is 0 Å². The highest BCUT2D eigenvalue weighted by Crippen LogP contribution is 2.39. The lowest BCUT2D eigenvalue weighted by Crippen LogP contribution is -2.38. The molecule has 0 N–H and O–H groups in total. The number of carbonyl (C=O) groups excluding carboxylic acids is 1. The number of fused-ring (bicyclic) bond motifs is 1. The van der Waals surface area contributed by atoms with Crippen LogP contribution in [-0.4, -0.2) is 29.8 Å². The van der Waals surface area contributed by atoms with Crippen molar-refractivity contribution in [3.63, 3.8) is 0 Å². The second kappa shape index (κ2) is 9.00. The van der Waals surface area contributed by atoms with E-state index >= 15 is 0 Å². The lowest BCUT2D eigenvalue weighted by molar-refractivity contribution is -0.122. The second-order valence-corrected chi connectivity index (χ2v) is 9.43. The summed E-state index contributed by atoms with van der Waals surface area (Å²) < 4.78 is 6.69. The molecular weight excluding hydrogens is 382 g/mol. The van der Waals surface area contributed by atoms with Crippen molar-refractivity contribution in [1.29, 1.82) is 0 Å². The van der Waals surface area contributed by atoms with E-state index in [1.807, 2.05) is 0 Å². The smallest absolute Gasteiger partial charge is 0.140 e. The topological polar surface area (TPSA) is 29.5 Å². The number of hydrogen-bond acceptors (Lipinski definition) is 3. The van der Waals surface area contributed by atoms with E-state index < -0.39 is 0 Å². The minimum Gasteiger partial charge on any atom is -0.484 e. The number of hydrogen-bond donors (Lipinski definition) is 0. The van der Waals surface area contributed by atoms with Gasteiger partial charge in [-0.2, -0.15) is 0 Å². The standard InChI is InChI=1S/C28H33NO2/c1-2-22-13-12-21(18-27(22)30)16-20-8-7-10-24(17-20)31-28-25-11-4-3-9-23(25)19-26(28)29-14-5-6-15-29/h3-4,7-13,17,21-22,26,28H,2,5-6,14-16,18-19H2,1H3. The van der Waals surface area contributed by atoms with Gasteiger partial charge in [0.05, 0.1) is 6.04 Å². The SMILES string of the molecule is CCC1C=CC(Cc2cccc(OC3c4ccccc4CC3N3CCCC3)c2)CC1=O. The maximum absolute atomic E-state index is 12.3. The van der Waals surface area contributed by atoms with Crippen LogP contribution < -0.4 is 4.74 Å². The van der Waals surface area contributed by atoms with E-state index in [0.717, 1.165) is 25.0 Å². The summed E-state index contributed by atoms with van der Waals surface area (Å²) in [6.07, 6.45) is 10.6. The van der Waals surface area contributed by atoms with Crippen LogP contribution in [-0.2, 0) is 17.6 Å². The van der Waals surface area contributed by atoms with Crippen molar-refractivity contribution in [2.24, 2.45) is 11.8 Å². The molecule has 31 heavy (non-hydrogen) atoms. The average molecular weight is 416 g/mol. The van der Waals surface area contributed by atoms with E-state index in [9.17, 15) is 4.79 Å². The number of carbonyl (C=O) groups is 1. The van der Waals surface area contributed by atoms with Crippen LogP contribution in [0.4, 0.5) is 0 Å². The van der Waals surface area contributed by atoms with Crippen LogP contribution in [0.5, 0.6) is 5.75 Å². The molecule has 2 aromatic rings. The summed E-state index contributed by atoms with van der Waals surface area (Å²) in [5, 5.41) is 0. The lowest BCUT2D eigenvalue weighted by atomic mass is 9.83.